The van der Waals surface area contributed by atoms with Gasteiger partial charge in [0.15, 0.2) is 0 Å². The second-order valence-corrected chi connectivity index (χ2v) is 6.20. The van der Waals surface area contributed by atoms with Crippen LogP contribution in [0.1, 0.15) is 37.3 Å². The quantitative estimate of drug-likeness (QED) is 0.838. The number of amides is 1. The van der Waals surface area contributed by atoms with Gasteiger partial charge in [-0.05, 0) is 49.8 Å². The highest BCUT2D eigenvalue weighted by atomic mass is 19.1. The van der Waals surface area contributed by atoms with Crippen LogP contribution in [0.5, 0.6) is 0 Å². The molecule has 1 aromatic rings. The molecule has 0 unspecified atom stereocenters. The Balaban J connectivity index is 1.54. The van der Waals surface area contributed by atoms with E-state index >= 15 is 0 Å². The van der Waals surface area contributed by atoms with E-state index in [1.165, 1.54) is 0 Å². The molecule has 1 aromatic carbocycles. The van der Waals surface area contributed by atoms with E-state index < -0.39 is 17.7 Å². The van der Waals surface area contributed by atoms with Crippen LogP contribution in [0.3, 0.4) is 0 Å². The summed E-state index contributed by atoms with van der Waals surface area (Å²) < 4.78 is 38.1. The number of ether oxygens (including phenoxy) is 2. The van der Waals surface area contributed by atoms with Crippen molar-refractivity contribution in [2.45, 2.75) is 37.8 Å². The maximum absolute atomic E-state index is 13.9. The molecule has 2 aliphatic rings. The molecule has 126 valence electrons. The van der Waals surface area contributed by atoms with Crippen LogP contribution in [0, 0.1) is 17.6 Å². The van der Waals surface area contributed by atoms with E-state index in [2.05, 4.69) is 5.32 Å². The Morgan fingerprint density at radius 3 is 2.87 bits per heavy atom. The number of rotatable bonds is 7. The van der Waals surface area contributed by atoms with Crippen LogP contribution >= 0.6 is 0 Å². The lowest BCUT2D eigenvalue weighted by molar-refractivity contribution is -0.127. The lowest BCUT2D eigenvalue weighted by Crippen LogP contribution is -2.34. The third-order valence-corrected chi connectivity index (χ3v) is 4.26. The molecule has 1 heterocycles. The van der Waals surface area contributed by atoms with Crippen molar-refractivity contribution in [1.82, 2.24) is 5.32 Å². The first-order chi connectivity index (χ1) is 11.1. The average Bonchev–Trinajstić information content (AvgIpc) is 3.24. The van der Waals surface area contributed by atoms with E-state index in [1.807, 2.05) is 0 Å². The van der Waals surface area contributed by atoms with Crippen LogP contribution in [-0.4, -0.2) is 31.8 Å². The van der Waals surface area contributed by atoms with Crippen molar-refractivity contribution in [3.63, 3.8) is 0 Å². The average molecular weight is 325 g/mol. The van der Waals surface area contributed by atoms with Gasteiger partial charge in [0.2, 0.25) is 5.91 Å². The summed E-state index contributed by atoms with van der Waals surface area (Å²) >= 11 is 0. The van der Waals surface area contributed by atoms with Crippen molar-refractivity contribution in [1.29, 1.82) is 0 Å². The Bertz CT molecular complexity index is 557. The number of benzene rings is 1. The maximum Gasteiger partial charge on any atom is 0.246 e. The Hall–Kier alpha value is -1.53. The Morgan fingerprint density at radius 1 is 1.35 bits per heavy atom. The van der Waals surface area contributed by atoms with Crippen molar-refractivity contribution in [3.8, 4) is 0 Å². The van der Waals surface area contributed by atoms with Gasteiger partial charge in [-0.15, -0.1) is 0 Å². The molecule has 0 bridgehead atoms. The molecule has 1 N–H and O–H groups in total. The molecule has 0 radical (unpaired) electrons. The van der Waals surface area contributed by atoms with E-state index in [4.69, 9.17) is 9.47 Å². The van der Waals surface area contributed by atoms with Crippen molar-refractivity contribution in [3.05, 3.63) is 35.4 Å². The highest BCUT2D eigenvalue weighted by Crippen LogP contribution is 2.41. The predicted octanol–water partition coefficient (Wildman–Crippen LogP) is 2.73. The van der Waals surface area contributed by atoms with Crippen molar-refractivity contribution in [2.75, 3.05) is 19.8 Å². The summed E-state index contributed by atoms with van der Waals surface area (Å²) in [4.78, 5) is 12.0. The summed E-state index contributed by atoms with van der Waals surface area (Å²) in [5, 5.41) is 2.78. The van der Waals surface area contributed by atoms with Crippen LogP contribution < -0.4 is 5.32 Å². The third kappa shape index (κ3) is 4.48. The van der Waals surface area contributed by atoms with E-state index in [1.54, 1.807) is 0 Å². The van der Waals surface area contributed by atoms with Crippen molar-refractivity contribution < 1.29 is 23.0 Å². The van der Waals surface area contributed by atoms with Crippen LogP contribution in [-0.2, 0) is 14.3 Å². The number of hydrogen-bond donors (Lipinski definition) is 1. The Labute approximate surface area is 134 Å². The Morgan fingerprint density at radius 2 is 2.17 bits per heavy atom. The number of nitrogens with one attached hydrogen (secondary N) is 1. The summed E-state index contributed by atoms with van der Waals surface area (Å²) in [6.45, 7) is 1.03. The van der Waals surface area contributed by atoms with Gasteiger partial charge in [-0.3, -0.25) is 4.79 Å². The summed E-state index contributed by atoms with van der Waals surface area (Å²) in [6.07, 6.45) is 3.82. The Kier molecular flexibility index (Phi) is 5.23. The molecule has 1 saturated carbocycles. The first-order valence-corrected chi connectivity index (χ1v) is 8.07. The highest BCUT2D eigenvalue weighted by Gasteiger charge is 2.35. The van der Waals surface area contributed by atoms with E-state index in [9.17, 15) is 13.6 Å². The molecule has 1 saturated heterocycles. The number of halogens is 2. The fourth-order valence-corrected chi connectivity index (χ4v) is 2.91. The summed E-state index contributed by atoms with van der Waals surface area (Å²) in [6, 6.07) is 2.84. The van der Waals surface area contributed by atoms with Crippen molar-refractivity contribution >= 4 is 5.91 Å². The van der Waals surface area contributed by atoms with Gasteiger partial charge in [-0.25, -0.2) is 8.78 Å². The lowest BCUT2D eigenvalue weighted by atomic mass is 10.0. The molecular formula is C17H21F2NO3. The molecular weight excluding hydrogens is 304 g/mol. The second-order valence-electron chi connectivity index (χ2n) is 6.20. The molecule has 3 rings (SSSR count). The standard InChI is InChI=1S/C17H21F2NO3/c18-12-5-6-15(19)14(8-12)17(11-3-4-11)20-16(21)10-22-9-13-2-1-7-23-13/h5-6,8,11,13,17H,1-4,7,9-10H2,(H,20,21)/t13-,17-/m1/s1. The van der Waals surface area contributed by atoms with Crippen LogP contribution in [0.4, 0.5) is 8.78 Å². The lowest BCUT2D eigenvalue weighted by Gasteiger charge is -2.20. The van der Waals surface area contributed by atoms with Crippen molar-refractivity contribution in [2.24, 2.45) is 5.92 Å². The monoisotopic (exact) mass is 325 g/mol. The van der Waals surface area contributed by atoms with Gasteiger partial charge < -0.3 is 14.8 Å². The normalized spacial score (nSPS) is 22.1. The van der Waals surface area contributed by atoms with Gasteiger partial charge in [0.05, 0.1) is 18.8 Å². The largest absolute Gasteiger partial charge is 0.376 e. The smallest absolute Gasteiger partial charge is 0.246 e. The fourth-order valence-electron chi connectivity index (χ4n) is 2.91. The summed E-state index contributed by atoms with van der Waals surface area (Å²) in [5.74, 6) is -1.16. The van der Waals surface area contributed by atoms with Gasteiger partial charge in [-0.1, -0.05) is 0 Å². The van der Waals surface area contributed by atoms with Gasteiger partial charge in [-0.2, -0.15) is 0 Å². The minimum absolute atomic E-state index is 0.0580. The van der Waals surface area contributed by atoms with Gasteiger partial charge >= 0.3 is 0 Å². The zero-order valence-corrected chi connectivity index (χ0v) is 12.9. The molecule has 0 spiro atoms. The number of carbonyl (C=O) groups excluding carboxylic acids is 1. The molecule has 6 heteroatoms. The van der Waals surface area contributed by atoms with E-state index in [-0.39, 0.29) is 30.1 Å². The van der Waals surface area contributed by atoms with Crippen LogP contribution in [0.2, 0.25) is 0 Å². The number of hydrogen-bond acceptors (Lipinski definition) is 3. The minimum atomic E-state index is -0.504. The van der Waals surface area contributed by atoms with Crippen LogP contribution in [0.25, 0.3) is 0 Å². The number of carbonyl (C=O) groups is 1. The molecule has 1 aliphatic carbocycles. The zero-order chi connectivity index (χ0) is 16.2. The van der Waals surface area contributed by atoms with Gasteiger partial charge in [0, 0.05) is 12.2 Å². The molecule has 0 aromatic heterocycles. The minimum Gasteiger partial charge on any atom is -0.376 e. The van der Waals surface area contributed by atoms with E-state index in [0.29, 0.717) is 6.61 Å². The fraction of sp³-hybridized carbons (Fsp3) is 0.588. The van der Waals surface area contributed by atoms with Crippen LogP contribution in [0.15, 0.2) is 18.2 Å². The molecule has 2 atom stereocenters. The van der Waals surface area contributed by atoms with Gasteiger partial charge in [0.25, 0.3) is 0 Å². The predicted molar refractivity (Wildman–Crippen MR) is 79.8 cm³/mol. The van der Waals surface area contributed by atoms with Gasteiger partial charge in [0.1, 0.15) is 18.2 Å². The molecule has 2 fully saturated rings. The summed E-state index contributed by atoms with van der Waals surface area (Å²) in [5.41, 5.74) is 0.208. The summed E-state index contributed by atoms with van der Waals surface area (Å²) in [7, 11) is 0. The third-order valence-electron chi connectivity index (χ3n) is 4.26. The molecule has 23 heavy (non-hydrogen) atoms. The molecule has 4 nitrogen and oxygen atoms in total. The first-order valence-electron chi connectivity index (χ1n) is 8.07. The molecule has 1 amide bonds. The SMILES string of the molecule is O=C(COC[C@H]1CCCO1)N[C@@H](c1cc(F)ccc1F)C1CC1. The zero-order valence-electron chi connectivity index (χ0n) is 12.9. The van der Waals surface area contributed by atoms with E-state index in [0.717, 1.165) is 50.5 Å². The second kappa shape index (κ2) is 7.36. The molecule has 1 aliphatic heterocycles. The topological polar surface area (TPSA) is 47.6 Å². The first kappa shape index (κ1) is 16.3. The highest BCUT2D eigenvalue weighted by molar-refractivity contribution is 5.77. The maximum atomic E-state index is 13.9.